The van der Waals surface area contributed by atoms with E-state index in [1.807, 2.05) is 13.2 Å². The zero-order valence-corrected chi connectivity index (χ0v) is 12.1. The van der Waals surface area contributed by atoms with Gasteiger partial charge in [0.05, 0.1) is 0 Å². The van der Waals surface area contributed by atoms with Crippen LogP contribution in [0.15, 0.2) is 16.7 Å². The average Bonchev–Trinajstić information content (AvgIpc) is 2.28. The number of nitrogens with one attached hydrogen (secondary N) is 1. The summed E-state index contributed by atoms with van der Waals surface area (Å²) in [6.45, 7) is 2.02. The van der Waals surface area contributed by atoms with Crippen molar-refractivity contribution in [3.8, 4) is 0 Å². The molecule has 1 rings (SSSR count). The summed E-state index contributed by atoms with van der Waals surface area (Å²) in [6, 6.07) is 1.76. The lowest BCUT2D eigenvalue weighted by atomic mass is 10.2. The van der Waals surface area contributed by atoms with Crippen LogP contribution in [0.5, 0.6) is 0 Å². The number of aromatic nitrogens is 1. The van der Waals surface area contributed by atoms with Crippen molar-refractivity contribution in [2.75, 3.05) is 17.3 Å². The second-order valence-corrected chi connectivity index (χ2v) is 5.58. The van der Waals surface area contributed by atoms with Crippen LogP contribution in [0.2, 0.25) is 0 Å². The molecule has 17 heavy (non-hydrogen) atoms. The van der Waals surface area contributed by atoms with Crippen molar-refractivity contribution in [1.82, 2.24) is 4.98 Å². The molecule has 94 valence electrons. The Morgan fingerprint density at radius 1 is 1.71 bits per heavy atom. The van der Waals surface area contributed by atoms with E-state index < -0.39 is 5.97 Å². The zero-order valence-electron chi connectivity index (χ0n) is 9.74. The second-order valence-electron chi connectivity index (χ2n) is 3.68. The van der Waals surface area contributed by atoms with E-state index in [0.29, 0.717) is 10.3 Å². The van der Waals surface area contributed by atoms with Crippen LogP contribution in [0.4, 0.5) is 5.82 Å². The van der Waals surface area contributed by atoms with E-state index in [-0.39, 0.29) is 11.6 Å². The van der Waals surface area contributed by atoms with Crippen molar-refractivity contribution in [3.63, 3.8) is 0 Å². The highest BCUT2D eigenvalue weighted by Crippen LogP contribution is 2.19. The summed E-state index contributed by atoms with van der Waals surface area (Å²) >= 11 is 4.99. The third-order valence-corrected chi connectivity index (χ3v) is 3.30. The number of rotatable bonds is 6. The first-order chi connectivity index (χ1) is 8.04. The Hall–Kier alpha value is -0.750. The molecule has 1 unspecified atom stereocenters. The molecule has 0 aliphatic carbocycles. The molecule has 0 aliphatic heterocycles. The van der Waals surface area contributed by atoms with Crippen molar-refractivity contribution < 1.29 is 9.90 Å². The summed E-state index contributed by atoms with van der Waals surface area (Å²) in [5, 5.41) is 12.2. The smallest absolute Gasteiger partial charge is 0.339 e. The lowest BCUT2D eigenvalue weighted by molar-refractivity contribution is 0.0697. The van der Waals surface area contributed by atoms with Gasteiger partial charge < -0.3 is 10.4 Å². The van der Waals surface area contributed by atoms with Crippen molar-refractivity contribution in [2.24, 2.45) is 0 Å². The molecule has 0 bridgehead atoms. The van der Waals surface area contributed by atoms with E-state index in [1.165, 1.54) is 0 Å². The van der Waals surface area contributed by atoms with E-state index in [2.05, 4.69) is 26.2 Å². The van der Waals surface area contributed by atoms with Crippen molar-refractivity contribution in [1.29, 1.82) is 0 Å². The molecule has 1 aromatic rings. The third-order valence-electron chi connectivity index (χ3n) is 2.22. The van der Waals surface area contributed by atoms with Crippen LogP contribution in [0.3, 0.4) is 0 Å². The molecule has 0 saturated heterocycles. The number of hydrogen-bond donors (Lipinski definition) is 2. The monoisotopic (exact) mass is 318 g/mol. The number of carbonyl (C=O) groups is 1. The number of halogens is 1. The summed E-state index contributed by atoms with van der Waals surface area (Å²) < 4.78 is 0.664. The molecule has 0 radical (unpaired) electrons. The summed E-state index contributed by atoms with van der Waals surface area (Å²) in [5.41, 5.74) is 0.190. The SMILES string of the molecule is CSCCC(C)Nc1ncc(Br)cc1C(=O)O. The van der Waals surface area contributed by atoms with Gasteiger partial charge in [-0.2, -0.15) is 11.8 Å². The molecule has 1 aromatic heterocycles. The maximum absolute atomic E-state index is 11.1. The Balaban J connectivity index is 2.79. The van der Waals surface area contributed by atoms with Gasteiger partial charge in [0.15, 0.2) is 0 Å². The largest absolute Gasteiger partial charge is 0.478 e. The van der Waals surface area contributed by atoms with Gasteiger partial charge in [0.1, 0.15) is 11.4 Å². The number of carboxylic acids is 1. The van der Waals surface area contributed by atoms with Gasteiger partial charge in [0.25, 0.3) is 0 Å². The number of aromatic carboxylic acids is 1. The second kappa shape index (κ2) is 6.86. The topological polar surface area (TPSA) is 62.2 Å². The summed E-state index contributed by atoms with van der Waals surface area (Å²) in [7, 11) is 0. The van der Waals surface area contributed by atoms with Gasteiger partial charge in [-0.05, 0) is 47.3 Å². The predicted molar refractivity (Wildman–Crippen MR) is 75.0 cm³/mol. The third kappa shape index (κ3) is 4.55. The van der Waals surface area contributed by atoms with Gasteiger partial charge in [-0.1, -0.05) is 0 Å². The molecular formula is C11H15BrN2O2S. The van der Waals surface area contributed by atoms with Gasteiger partial charge in [0.2, 0.25) is 0 Å². The highest BCUT2D eigenvalue weighted by atomic mass is 79.9. The number of thioether (sulfide) groups is 1. The standard InChI is InChI=1S/C11H15BrN2O2S/c1-7(3-4-17-2)14-10-9(11(15)16)5-8(12)6-13-10/h5-7H,3-4H2,1-2H3,(H,13,14)(H,15,16). The van der Waals surface area contributed by atoms with Gasteiger partial charge >= 0.3 is 5.97 Å². The Bertz CT molecular complexity index is 401. The molecule has 2 N–H and O–H groups in total. The lowest BCUT2D eigenvalue weighted by Crippen LogP contribution is -2.19. The van der Waals surface area contributed by atoms with Crippen LogP contribution in [-0.2, 0) is 0 Å². The van der Waals surface area contributed by atoms with Gasteiger partial charge in [0, 0.05) is 16.7 Å². The van der Waals surface area contributed by atoms with E-state index in [1.54, 1.807) is 24.0 Å². The van der Waals surface area contributed by atoms with E-state index in [0.717, 1.165) is 12.2 Å². The number of carboxylic acid groups (broad SMARTS) is 1. The van der Waals surface area contributed by atoms with Gasteiger partial charge in [-0.25, -0.2) is 9.78 Å². The Morgan fingerprint density at radius 2 is 2.41 bits per heavy atom. The molecule has 0 amide bonds. The number of anilines is 1. The number of nitrogens with zero attached hydrogens (tertiary/aromatic N) is 1. The molecule has 0 aliphatic rings. The maximum Gasteiger partial charge on any atom is 0.339 e. The van der Waals surface area contributed by atoms with Crippen LogP contribution >= 0.6 is 27.7 Å². The molecule has 1 heterocycles. The summed E-state index contributed by atoms with van der Waals surface area (Å²) in [5.74, 6) is 0.486. The Labute approximate surface area is 113 Å². The van der Waals surface area contributed by atoms with E-state index >= 15 is 0 Å². The van der Waals surface area contributed by atoms with Gasteiger partial charge in [-0.15, -0.1) is 0 Å². The Kier molecular flexibility index (Phi) is 5.77. The lowest BCUT2D eigenvalue weighted by Gasteiger charge is -2.15. The highest BCUT2D eigenvalue weighted by molar-refractivity contribution is 9.10. The molecule has 0 fully saturated rings. The van der Waals surface area contributed by atoms with Crippen LogP contribution in [0, 0.1) is 0 Å². The summed E-state index contributed by atoms with van der Waals surface area (Å²) in [6.07, 6.45) is 4.61. The first kappa shape index (κ1) is 14.3. The molecule has 0 aromatic carbocycles. The normalized spacial score (nSPS) is 12.2. The fourth-order valence-corrected chi connectivity index (χ4v) is 2.24. The summed E-state index contributed by atoms with van der Waals surface area (Å²) in [4.78, 5) is 15.2. The Morgan fingerprint density at radius 3 is 3.00 bits per heavy atom. The van der Waals surface area contributed by atoms with Crippen molar-refractivity contribution in [3.05, 3.63) is 22.3 Å². The van der Waals surface area contributed by atoms with Crippen LogP contribution in [-0.4, -0.2) is 34.1 Å². The first-order valence-electron chi connectivity index (χ1n) is 5.19. The molecule has 0 spiro atoms. The van der Waals surface area contributed by atoms with E-state index in [4.69, 9.17) is 5.11 Å². The van der Waals surface area contributed by atoms with Crippen LogP contribution in [0.1, 0.15) is 23.7 Å². The zero-order chi connectivity index (χ0) is 12.8. The number of pyridine rings is 1. The molecule has 0 saturated carbocycles. The van der Waals surface area contributed by atoms with Crippen LogP contribution < -0.4 is 5.32 Å². The van der Waals surface area contributed by atoms with E-state index in [9.17, 15) is 4.79 Å². The molecule has 4 nitrogen and oxygen atoms in total. The fourth-order valence-electron chi connectivity index (χ4n) is 1.32. The molecular weight excluding hydrogens is 304 g/mol. The number of hydrogen-bond acceptors (Lipinski definition) is 4. The minimum absolute atomic E-state index is 0.190. The van der Waals surface area contributed by atoms with Gasteiger partial charge in [-0.3, -0.25) is 0 Å². The minimum atomic E-state index is -0.974. The fraction of sp³-hybridized carbons (Fsp3) is 0.455. The molecule has 6 heteroatoms. The maximum atomic E-state index is 11.1. The first-order valence-corrected chi connectivity index (χ1v) is 7.37. The predicted octanol–water partition coefficient (Wildman–Crippen LogP) is 3.10. The molecule has 1 atom stereocenters. The van der Waals surface area contributed by atoms with Crippen molar-refractivity contribution >= 4 is 39.5 Å². The highest BCUT2D eigenvalue weighted by Gasteiger charge is 2.13. The van der Waals surface area contributed by atoms with Crippen LogP contribution in [0.25, 0.3) is 0 Å². The average molecular weight is 319 g/mol. The van der Waals surface area contributed by atoms with Crippen molar-refractivity contribution in [2.45, 2.75) is 19.4 Å². The minimum Gasteiger partial charge on any atom is -0.478 e. The quantitative estimate of drug-likeness (QED) is 0.844.